The Labute approximate surface area is 258 Å². The van der Waals surface area contributed by atoms with Crippen LogP contribution >= 0.6 is 38.5 Å². The van der Waals surface area contributed by atoms with Crippen LogP contribution in [0, 0.1) is 10.5 Å². The first-order valence-corrected chi connectivity index (χ1v) is 14.3. The van der Waals surface area contributed by atoms with Crippen molar-refractivity contribution in [3.8, 4) is 23.0 Å². The molecule has 0 unspecified atom stereocenters. The molecule has 1 aliphatic heterocycles. The van der Waals surface area contributed by atoms with E-state index >= 15 is 0 Å². The van der Waals surface area contributed by atoms with Crippen molar-refractivity contribution < 1.29 is 33.3 Å². The van der Waals surface area contributed by atoms with Crippen LogP contribution in [0.5, 0.6) is 23.0 Å². The van der Waals surface area contributed by atoms with E-state index in [4.69, 9.17) is 18.9 Å². The van der Waals surface area contributed by atoms with Crippen LogP contribution in [-0.4, -0.2) is 43.9 Å². The number of carbonyl (C=O) groups is 3. The fourth-order valence-electron chi connectivity index (χ4n) is 3.65. The van der Waals surface area contributed by atoms with Gasteiger partial charge in [-0.2, -0.15) is 5.10 Å². The second-order valence-electron chi connectivity index (χ2n) is 8.63. The maximum Gasteiger partial charge on any atom is 0.329 e. The zero-order valence-electron chi connectivity index (χ0n) is 22.1. The Morgan fingerprint density at radius 1 is 1.05 bits per heavy atom. The zero-order chi connectivity index (χ0) is 29.4. The number of fused-ring (bicyclic) bond motifs is 1. The zero-order valence-corrected chi connectivity index (χ0v) is 25.8. The van der Waals surface area contributed by atoms with Crippen LogP contribution in [0.25, 0.3) is 0 Å². The molecule has 0 aromatic heterocycles. The van der Waals surface area contributed by atoms with E-state index in [0.717, 1.165) is 15.6 Å². The van der Waals surface area contributed by atoms with E-state index in [1.807, 2.05) is 26.0 Å². The van der Waals surface area contributed by atoms with Crippen molar-refractivity contribution >= 4 is 68.1 Å². The van der Waals surface area contributed by atoms with Gasteiger partial charge in [0.05, 0.1) is 16.4 Å². The second kappa shape index (κ2) is 14.2. The van der Waals surface area contributed by atoms with Crippen molar-refractivity contribution in [1.82, 2.24) is 10.7 Å². The predicted octanol–water partition coefficient (Wildman–Crippen LogP) is 4.27. The Balaban J connectivity index is 1.31. The standard InChI is InChI=1S/C28H26BrIN4O7/c1-3-38-24-11-18(9-21(30)26(24)39-14-25(35)33-19-5-6-20(29)16(2)8-19)13-32-34-28(37)27(36)31-12-17-4-7-22-23(10-17)41-15-40-22/h4-11,13H,3,12,14-15H2,1-2H3,(H,31,36)(H,33,35)(H,34,37)/b32-13-. The Kier molecular flexibility index (Phi) is 10.4. The molecule has 13 heteroatoms. The van der Waals surface area contributed by atoms with Gasteiger partial charge in [0.1, 0.15) is 0 Å². The molecule has 0 saturated carbocycles. The minimum atomic E-state index is -0.923. The van der Waals surface area contributed by atoms with Crippen molar-refractivity contribution in [2.45, 2.75) is 20.4 Å². The van der Waals surface area contributed by atoms with Crippen molar-refractivity contribution in [1.29, 1.82) is 0 Å². The molecule has 0 fully saturated rings. The number of ether oxygens (including phenoxy) is 4. The van der Waals surface area contributed by atoms with E-state index in [9.17, 15) is 14.4 Å². The lowest BCUT2D eigenvalue weighted by atomic mass is 10.2. The molecule has 0 aliphatic carbocycles. The molecule has 1 aliphatic rings. The summed E-state index contributed by atoms with van der Waals surface area (Å²) < 4.78 is 23.7. The number of hydrazone groups is 1. The number of hydrogen-bond donors (Lipinski definition) is 3. The molecule has 0 saturated heterocycles. The molecular formula is C28H26BrIN4O7. The highest BCUT2D eigenvalue weighted by Crippen LogP contribution is 2.34. The topological polar surface area (TPSA) is 137 Å². The summed E-state index contributed by atoms with van der Waals surface area (Å²) in [7, 11) is 0. The third-order valence-corrected chi connectivity index (χ3v) is 7.29. The molecule has 0 spiro atoms. The van der Waals surface area contributed by atoms with Gasteiger partial charge in [0.2, 0.25) is 6.79 Å². The average molecular weight is 737 g/mol. The Bertz CT molecular complexity index is 1500. The van der Waals surface area contributed by atoms with E-state index < -0.39 is 11.8 Å². The van der Waals surface area contributed by atoms with E-state index in [-0.39, 0.29) is 25.9 Å². The summed E-state index contributed by atoms with van der Waals surface area (Å²) in [6.07, 6.45) is 1.38. The first kappa shape index (κ1) is 30.1. The molecule has 0 radical (unpaired) electrons. The average Bonchev–Trinajstić information content (AvgIpc) is 3.41. The molecule has 3 aromatic carbocycles. The number of benzene rings is 3. The van der Waals surface area contributed by atoms with Gasteiger partial charge in [0.15, 0.2) is 29.6 Å². The molecule has 0 bridgehead atoms. The fourth-order valence-corrected chi connectivity index (χ4v) is 4.68. The summed E-state index contributed by atoms with van der Waals surface area (Å²) >= 11 is 5.50. The van der Waals surface area contributed by atoms with E-state index in [0.29, 0.717) is 44.4 Å². The summed E-state index contributed by atoms with van der Waals surface area (Å²) in [6, 6.07) is 14.1. The van der Waals surface area contributed by atoms with Crippen LogP contribution in [-0.2, 0) is 20.9 Å². The first-order chi connectivity index (χ1) is 19.7. The number of nitrogens with one attached hydrogen (secondary N) is 3. The number of aryl methyl sites for hydroxylation is 1. The largest absolute Gasteiger partial charge is 0.490 e. The Morgan fingerprint density at radius 2 is 1.85 bits per heavy atom. The van der Waals surface area contributed by atoms with Gasteiger partial charge in [-0.25, -0.2) is 5.43 Å². The third kappa shape index (κ3) is 8.33. The summed E-state index contributed by atoms with van der Waals surface area (Å²) in [4.78, 5) is 36.8. The number of hydrogen-bond acceptors (Lipinski definition) is 8. The lowest BCUT2D eigenvalue weighted by Gasteiger charge is -2.15. The number of halogens is 2. The van der Waals surface area contributed by atoms with Gasteiger partial charge in [0.25, 0.3) is 5.91 Å². The predicted molar refractivity (Wildman–Crippen MR) is 163 cm³/mol. The molecular weight excluding hydrogens is 711 g/mol. The van der Waals surface area contributed by atoms with Gasteiger partial charge >= 0.3 is 11.8 Å². The van der Waals surface area contributed by atoms with E-state index in [1.165, 1.54) is 6.21 Å². The van der Waals surface area contributed by atoms with Crippen LogP contribution < -0.4 is 35.0 Å². The van der Waals surface area contributed by atoms with E-state index in [2.05, 4.69) is 59.7 Å². The van der Waals surface area contributed by atoms with Crippen LogP contribution in [0.1, 0.15) is 23.6 Å². The number of anilines is 1. The van der Waals surface area contributed by atoms with Gasteiger partial charge in [-0.15, -0.1) is 0 Å². The van der Waals surface area contributed by atoms with Crippen molar-refractivity contribution in [3.63, 3.8) is 0 Å². The lowest BCUT2D eigenvalue weighted by Crippen LogP contribution is -2.37. The molecule has 3 aromatic rings. The third-order valence-electron chi connectivity index (χ3n) is 5.60. The van der Waals surface area contributed by atoms with Crippen molar-refractivity contribution in [2.75, 3.05) is 25.3 Å². The summed E-state index contributed by atoms with van der Waals surface area (Å²) in [5, 5.41) is 9.22. The maximum absolute atomic E-state index is 12.5. The summed E-state index contributed by atoms with van der Waals surface area (Å²) in [5.41, 5.74) is 5.20. The molecule has 0 atom stereocenters. The summed E-state index contributed by atoms with van der Waals surface area (Å²) in [5.74, 6) is -0.0680. The number of rotatable bonds is 10. The van der Waals surface area contributed by atoms with Gasteiger partial charge in [-0.05, 0) is 95.6 Å². The van der Waals surface area contributed by atoms with Gasteiger partial charge in [-0.3, -0.25) is 14.4 Å². The van der Waals surface area contributed by atoms with Gasteiger partial charge < -0.3 is 29.6 Å². The molecule has 1 heterocycles. The number of nitrogens with zero attached hydrogens (tertiary/aromatic N) is 1. The Hall–Kier alpha value is -3.85. The highest BCUT2D eigenvalue weighted by molar-refractivity contribution is 14.1. The molecule has 11 nitrogen and oxygen atoms in total. The molecule has 4 rings (SSSR count). The van der Waals surface area contributed by atoms with Crippen LogP contribution in [0.3, 0.4) is 0 Å². The molecule has 214 valence electrons. The van der Waals surface area contributed by atoms with Crippen molar-refractivity contribution in [3.05, 3.63) is 73.3 Å². The van der Waals surface area contributed by atoms with Gasteiger partial charge in [0, 0.05) is 16.7 Å². The fraction of sp³-hybridized carbons (Fsp3) is 0.214. The van der Waals surface area contributed by atoms with Crippen LogP contribution in [0.2, 0.25) is 0 Å². The quantitative estimate of drug-likeness (QED) is 0.122. The monoisotopic (exact) mass is 736 g/mol. The van der Waals surface area contributed by atoms with Crippen LogP contribution in [0.15, 0.2) is 58.1 Å². The molecule has 41 heavy (non-hydrogen) atoms. The highest BCUT2D eigenvalue weighted by atomic mass is 127. The Morgan fingerprint density at radius 3 is 2.63 bits per heavy atom. The van der Waals surface area contributed by atoms with E-state index in [1.54, 1.807) is 36.4 Å². The van der Waals surface area contributed by atoms with Crippen molar-refractivity contribution in [2.24, 2.45) is 5.10 Å². The highest BCUT2D eigenvalue weighted by Gasteiger charge is 2.17. The minimum absolute atomic E-state index is 0.130. The SMILES string of the molecule is CCOc1cc(/C=N\NC(=O)C(=O)NCc2ccc3c(c2)OCO3)cc(I)c1OCC(=O)Nc1ccc(Br)c(C)c1. The smallest absolute Gasteiger partial charge is 0.329 e. The molecule has 3 amide bonds. The first-order valence-electron chi connectivity index (χ1n) is 12.4. The minimum Gasteiger partial charge on any atom is -0.490 e. The number of carbonyl (C=O) groups excluding carboxylic acids is 3. The maximum atomic E-state index is 12.5. The second-order valence-corrected chi connectivity index (χ2v) is 10.6. The number of amides is 3. The van der Waals surface area contributed by atoms with Gasteiger partial charge in [-0.1, -0.05) is 22.0 Å². The van der Waals surface area contributed by atoms with Crippen LogP contribution in [0.4, 0.5) is 5.69 Å². The molecule has 3 N–H and O–H groups in total. The normalized spacial score (nSPS) is 11.7. The summed E-state index contributed by atoms with van der Waals surface area (Å²) in [6.45, 7) is 4.17. The lowest BCUT2D eigenvalue weighted by molar-refractivity contribution is -0.139.